The first-order valence-corrected chi connectivity index (χ1v) is 14.3. The predicted octanol–water partition coefficient (Wildman–Crippen LogP) is 4.71. The summed E-state index contributed by atoms with van der Waals surface area (Å²) in [4.78, 5) is 55.2. The molecule has 14 heteroatoms. The number of hydrogen-bond acceptors (Lipinski definition) is 12. The van der Waals surface area contributed by atoms with Crippen molar-refractivity contribution in [3.8, 4) is 11.5 Å². The molecule has 48 heavy (non-hydrogen) atoms. The molecular weight excluding hydrogens is 628 g/mol. The van der Waals surface area contributed by atoms with Crippen molar-refractivity contribution in [2.75, 3.05) is 14.2 Å². The first-order chi connectivity index (χ1) is 23.0. The van der Waals surface area contributed by atoms with Crippen molar-refractivity contribution in [1.82, 2.24) is 0 Å². The number of hydrogen-bond donors (Lipinski definition) is 1. The monoisotopic (exact) mass is 660 g/mol. The number of carbonyl (C=O) groups is 3. The van der Waals surface area contributed by atoms with Gasteiger partial charge in [-0.25, -0.2) is 9.59 Å². The van der Waals surface area contributed by atoms with Crippen LogP contribution in [0, 0.1) is 20.2 Å². The summed E-state index contributed by atoms with van der Waals surface area (Å²) in [5, 5.41) is 32.1. The molecular formula is C34H32N2O12. The third-order valence-electron chi connectivity index (χ3n) is 6.65. The second kappa shape index (κ2) is 18.1. The average molecular weight is 661 g/mol. The lowest BCUT2D eigenvalue weighted by Crippen LogP contribution is -2.24. The second-order valence-electron chi connectivity index (χ2n) is 9.98. The Labute approximate surface area is 274 Å². The number of esters is 2. The number of Topliss-reactive ketones (excluding diaryl/α,β-unsaturated/α-hetero) is 1. The number of methoxy groups -OCH3 is 2. The van der Waals surface area contributed by atoms with E-state index in [9.17, 15) is 39.7 Å². The van der Waals surface area contributed by atoms with E-state index in [1.807, 2.05) is 60.7 Å². The number of aliphatic hydroxyl groups is 1. The summed E-state index contributed by atoms with van der Waals surface area (Å²) < 4.78 is 19.8. The normalized spacial score (nSPS) is 10.8. The number of nitro benzene ring substituents is 2. The van der Waals surface area contributed by atoms with Gasteiger partial charge in [0.05, 0.1) is 36.2 Å². The Balaban J connectivity index is 0.000000260. The van der Waals surface area contributed by atoms with Crippen LogP contribution >= 0.6 is 0 Å². The molecule has 0 aromatic heterocycles. The van der Waals surface area contributed by atoms with Crippen LogP contribution in [0.1, 0.15) is 22.3 Å². The summed E-state index contributed by atoms with van der Waals surface area (Å²) >= 11 is 0. The van der Waals surface area contributed by atoms with Crippen LogP contribution in [0.25, 0.3) is 0 Å². The molecule has 0 radical (unpaired) electrons. The summed E-state index contributed by atoms with van der Waals surface area (Å²) in [7, 11) is 2.22. The molecule has 0 bridgehead atoms. The van der Waals surface area contributed by atoms with Gasteiger partial charge in [-0.3, -0.25) is 25.0 Å². The Kier molecular flexibility index (Phi) is 13.7. The molecule has 0 saturated heterocycles. The maximum Gasteiger partial charge on any atom is 0.374 e. The van der Waals surface area contributed by atoms with E-state index in [2.05, 4.69) is 9.47 Å². The summed E-state index contributed by atoms with van der Waals surface area (Å²) in [6, 6.07) is 27.2. The molecule has 1 atom stereocenters. The lowest BCUT2D eigenvalue weighted by molar-refractivity contribution is -0.385. The maximum absolute atomic E-state index is 11.6. The minimum absolute atomic E-state index is 0.127. The van der Waals surface area contributed by atoms with Gasteiger partial charge in [0.1, 0.15) is 24.7 Å². The zero-order valence-corrected chi connectivity index (χ0v) is 26.0. The predicted molar refractivity (Wildman–Crippen MR) is 170 cm³/mol. The van der Waals surface area contributed by atoms with E-state index in [-0.39, 0.29) is 42.1 Å². The SMILES string of the molecule is COC(=O)C(=O)Cc1ccc(OCc2ccccc2)cc1[N+](=O)[O-].COC(=O)C(O)Cc1ccc(OCc2ccccc2)cc1[N+](=O)[O-]. The Morgan fingerprint density at radius 2 is 1.15 bits per heavy atom. The zero-order chi connectivity index (χ0) is 35.1. The minimum atomic E-state index is -1.45. The van der Waals surface area contributed by atoms with E-state index in [0.717, 1.165) is 25.3 Å². The minimum Gasteiger partial charge on any atom is -0.489 e. The Morgan fingerprint density at radius 1 is 0.688 bits per heavy atom. The van der Waals surface area contributed by atoms with E-state index in [0.29, 0.717) is 11.5 Å². The zero-order valence-electron chi connectivity index (χ0n) is 26.0. The molecule has 0 fully saturated rings. The lowest BCUT2D eigenvalue weighted by atomic mass is 10.1. The van der Waals surface area contributed by atoms with Crippen molar-refractivity contribution in [3.63, 3.8) is 0 Å². The quantitative estimate of drug-likeness (QED) is 0.0848. The van der Waals surface area contributed by atoms with Crippen LogP contribution < -0.4 is 9.47 Å². The molecule has 4 aromatic rings. The summed E-state index contributed by atoms with van der Waals surface area (Å²) in [5.74, 6) is -2.08. The van der Waals surface area contributed by atoms with Gasteiger partial charge in [0.25, 0.3) is 11.4 Å². The van der Waals surface area contributed by atoms with Gasteiger partial charge >= 0.3 is 11.9 Å². The number of nitrogens with zero attached hydrogens (tertiary/aromatic N) is 2. The number of aliphatic hydroxyl groups excluding tert-OH is 1. The molecule has 14 nitrogen and oxygen atoms in total. The average Bonchev–Trinajstić information content (AvgIpc) is 3.10. The summed E-state index contributed by atoms with van der Waals surface area (Å²) in [6.45, 7) is 0.542. The second-order valence-corrected chi connectivity index (χ2v) is 9.98. The topological polar surface area (TPSA) is 195 Å². The molecule has 0 saturated carbocycles. The van der Waals surface area contributed by atoms with Crippen molar-refractivity contribution in [2.45, 2.75) is 32.2 Å². The third kappa shape index (κ3) is 11.0. The van der Waals surface area contributed by atoms with E-state index < -0.39 is 40.1 Å². The number of benzene rings is 4. The van der Waals surface area contributed by atoms with Crippen molar-refractivity contribution in [1.29, 1.82) is 0 Å². The fourth-order valence-corrected chi connectivity index (χ4v) is 4.20. The van der Waals surface area contributed by atoms with Crippen molar-refractivity contribution >= 4 is 29.1 Å². The van der Waals surface area contributed by atoms with Gasteiger partial charge < -0.3 is 24.1 Å². The molecule has 4 rings (SSSR count). The standard InChI is InChI=1S/C17H17NO6.C17H15NO6/c2*1-23-17(20)16(19)9-13-7-8-14(10-15(13)18(21)22)24-11-12-5-3-2-4-6-12/h2-8,10,16,19H,9,11H2,1H3;2-8,10H,9,11H2,1H3. The molecule has 1 unspecified atom stereocenters. The highest BCUT2D eigenvalue weighted by molar-refractivity contribution is 6.34. The highest BCUT2D eigenvalue weighted by Gasteiger charge is 2.23. The number of ether oxygens (including phenoxy) is 4. The van der Waals surface area contributed by atoms with E-state index in [1.54, 1.807) is 6.07 Å². The largest absolute Gasteiger partial charge is 0.489 e. The van der Waals surface area contributed by atoms with Gasteiger partial charge in [0.2, 0.25) is 5.78 Å². The summed E-state index contributed by atoms with van der Waals surface area (Å²) in [6.07, 6.45) is -2.06. The molecule has 0 heterocycles. The van der Waals surface area contributed by atoms with Crippen LogP contribution in [-0.2, 0) is 49.9 Å². The number of nitro groups is 2. The van der Waals surface area contributed by atoms with E-state index in [1.165, 1.54) is 30.3 Å². The van der Waals surface area contributed by atoms with Gasteiger partial charge in [-0.05, 0) is 35.4 Å². The first kappa shape index (κ1) is 36.3. The Morgan fingerprint density at radius 3 is 1.58 bits per heavy atom. The Bertz CT molecular complexity index is 1730. The number of rotatable bonds is 14. The number of carbonyl (C=O) groups excluding carboxylic acids is 3. The smallest absolute Gasteiger partial charge is 0.374 e. The third-order valence-corrected chi connectivity index (χ3v) is 6.65. The van der Waals surface area contributed by atoms with Crippen molar-refractivity contribution in [2.24, 2.45) is 0 Å². The molecule has 4 aromatic carbocycles. The first-order valence-electron chi connectivity index (χ1n) is 14.3. The van der Waals surface area contributed by atoms with Gasteiger partial charge in [0.15, 0.2) is 6.10 Å². The highest BCUT2D eigenvalue weighted by atomic mass is 16.6. The van der Waals surface area contributed by atoms with Crippen molar-refractivity contribution in [3.05, 3.63) is 140 Å². The van der Waals surface area contributed by atoms with Crippen LogP contribution in [-0.4, -0.2) is 53.0 Å². The molecule has 0 amide bonds. The number of ketones is 1. The van der Waals surface area contributed by atoms with Gasteiger partial charge in [-0.2, -0.15) is 0 Å². The fraction of sp³-hybridized carbons (Fsp3) is 0.206. The van der Waals surface area contributed by atoms with Gasteiger partial charge in [0, 0.05) is 24.0 Å². The van der Waals surface area contributed by atoms with Crippen molar-refractivity contribution < 1.29 is 48.3 Å². The molecule has 250 valence electrons. The van der Waals surface area contributed by atoms with E-state index in [4.69, 9.17) is 9.47 Å². The van der Waals surface area contributed by atoms with Crippen LogP contribution in [0.4, 0.5) is 11.4 Å². The highest BCUT2D eigenvalue weighted by Crippen LogP contribution is 2.27. The van der Waals surface area contributed by atoms with E-state index >= 15 is 0 Å². The fourth-order valence-electron chi connectivity index (χ4n) is 4.20. The molecule has 0 spiro atoms. The molecule has 0 aliphatic carbocycles. The summed E-state index contributed by atoms with van der Waals surface area (Å²) in [5.41, 5.74) is 1.71. The van der Waals surface area contributed by atoms with Crippen LogP contribution in [0.3, 0.4) is 0 Å². The lowest BCUT2D eigenvalue weighted by Gasteiger charge is -2.11. The molecule has 0 aliphatic heterocycles. The molecule has 1 N–H and O–H groups in total. The van der Waals surface area contributed by atoms with Gasteiger partial charge in [-0.15, -0.1) is 0 Å². The van der Waals surface area contributed by atoms with Crippen LogP contribution in [0.15, 0.2) is 97.1 Å². The maximum atomic E-state index is 11.6. The molecule has 0 aliphatic rings. The van der Waals surface area contributed by atoms with Crippen LogP contribution in [0.2, 0.25) is 0 Å². The van der Waals surface area contributed by atoms with Crippen LogP contribution in [0.5, 0.6) is 11.5 Å². The Hall–Kier alpha value is -6.15. The van der Waals surface area contributed by atoms with Gasteiger partial charge in [-0.1, -0.05) is 60.7 Å².